The second-order valence-electron chi connectivity index (χ2n) is 7.19. The van der Waals surface area contributed by atoms with Gasteiger partial charge in [0.1, 0.15) is 17.7 Å². The zero-order valence-electron chi connectivity index (χ0n) is 15.6. The van der Waals surface area contributed by atoms with Crippen molar-refractivity contribution in [1.82, 2.24) is 9.88 Å². The molecule has 2 aromatic rings. The van der Waals surface area contributed by atoms with Gasteiger partial charge in [-0.15, -0.1) is 0 Å². The number of amides is 1. The van der Waals surface area contributed by atoms with Crippen LogP contribution in [0.5, 0.6) is 5.75 Å². The van der Waals surface area contributed by atoms with Gasteiger partial charge in [-0.3, -0.25) is 4.79 Å². The van der Waals surface area contributed by atoms with Crippen molar-refractivity contribution in [3.05, 3.63) is 53.2 Å². The Hall–Kier alpha value is -2.60. The average molecular weight is 367 g/mol. The van der Waals surface area contributed by atoms with Gasteiger partial charge in [0, 0.05) is 32.5 Å². The van der Waals surface area contributed by atoms with E-state index in [9.17, 15) is 4.79 Å². The Bertz CT molecular complexity index is 817. The van der Waals surface area contributed by atoms with Crippen LogP contribution in [0.15, 0.2) is 36.4 Å². The molecule has 4 rings (SSSR count). The molecule has 0 spiro atoms. The monoisotopic (exact) mass is 367 g/mol. The zero-order chi connectivity index (χ0) is 18.8. The number of benzene rings is 1. The van der Waals surface area contributed by atoms with E-state index in [1.165, 1.54) is 0 Å². The molecule has 1 saturated heterocycles. The van der Waals surface area contributed by atoms with Crippen LogP contribution in [0.3, 0.4) is 0 Å². The minimum Gasteiger partial charge on any atom is -0.490 e. The molecule has 6 heteroatoms. The molecule has 1 aromatic heterocycles. The fraction of sp³-hybridized carbons (Fsp3) is 0.429. The summed E-state index contributed by atoms with van der Waals surface area (Å²) in [7, 11) is 0. The van der Waals surface area contributed by atoms with Crippen LogP contribution < -0.4 is 9.64 Å². The highest BCUT2D eigenvalue weighted by Crippen LogP contribution is 2.29. The Labute approximate surface area is 159 Å². The van der Waals surface area contributed by atoms with Gasteiger partial charge in [0.25, 0.3) is 5.91 Å². The molecule has 0 aliphatic carbocycles. The number of hydrogen-bond donors (Lipinski definition) is 1. The smallest absolute Gasteiger partial charge is 0.256 e. The quantitative estimate of drug-likeness (QED) is 0.879. The molecule has 6 nitrogen and oxygen atoms in total. The van der Waals surface area contributed by atoms with Gasteiger partial charge in [-0.2, -0.15) is 0 Å². The summed E-state index contributed by atoms with van der Waals surface area (Å²) in [5.74, 6) is 1.85. The van der Waals surface area contributed by atoms with Crippen LogP contribution in [0.4, 0.5) is 5.82 Å². The lowest BCUT2D eigenvalue weighted by atomic mass is 10.1. The zero-order valence-corrected chi connectivity index (χ0v) is 15.6. The number of hydrogen-bond acceptors (Lipinski definition) is 5. The SMILES string of the molecule is Cc1cc2c(nc1N1CCC(Oc3ccccc3)CC1)CN(CCO)C2=O. The van der Waals surface area contributed by atoms with Crippen molar-refractivity contribution in [2.45, 2.75) is 32.4 Å². The van der Waals surface area contributed by atoms with E-state index in [1.54, 1.807) is 4.90 Å². The highest BCUT2D eigenvalue weighted by atomic mass is 16.5. The number of β-amino-alcohol motifs (C(OH)–C–C–N with tert-alkyl or cyclic N) is 1. The number of para-hydroxylation sites is 1. The summed E-state index contributed by atoms with van der Waals surface area (Å²) >= 11 is 0. The van der Waals surface area contributed by atoms with Gasteiger partial charge in [0.2, 0.25) is 0 Å². The lowest BCUT2D eigenvalue weighted by Gasteiger charge is -2.34. The van der Waals surface area contributed by atoms with E-state index in [4.69, 9.17) is 14.8 Å². The number of carbonyl (C=O) groups excluding carboxylic acids is 1. The molecule has 2 aliphatic rings. The van der Waals surface area contributed by atoms with Crippen molar-refractivity contribution in [1.29, 1.82) is 0 Å². The van der Waals surface area contributed by atoms with Gasteiger partial charge in [-0.1, -0.05) is 18.2 Å². The van der Waals surface area contributed by atoms with E-state index in [-0.39, 0.29) is 18.6 Å². The van der Waals surface area contributed by atoms with Crippen molar-refractivity contribution < 1.29 is 14.6 Å². The number of pyridine rings is 1. The van der Waals surface area contributed by atoms with Crippen LogP contribution in [-0.4, -0.2) is 53.2 Å². The lowest BCUT2D eigenvalue weighted by molar-refractivity contribution is 0.0745. The summed E-state index contributed by atoms with van der Waals surface area (Å²) in [5.41, 5.74) is 2.51. The molecule has 0 saturated carbocycles. The first kappa shape index (κ1) is 17.8. The number of aromatic nitrogens is 1. The van der Waals surface area contributed by atoms with E-state index < -0.39 is 0 Å². The summed E-state index contributed by atoms with van der Waals surface area (Å²) in [4.78, 5) is 21.1. The van der Waals surface area contributed by atoms with E-state index >= 15 is 0 Å². The second-order valence-corrected chi connectivity index (χ2v) is 7.19. The van der Waals surface area contributed by atoms with Gasteiger partial charge in [0.05, 0.1) is 24.4 Å². The molecule has 1 fully saturated rings. The molecule has 1 N–H and O–H groups in total. The standard InChI is InChI=1S/C21H25N3O3/c1-15-13-18-19(14-24(11-12-25)21(18)26)22-20(15)23-9-7-17(8-10-23)27-16-5-3-2-4-6-16/h2-6,13,17,25H,7-12,14H2,1H3. The van der Waals surface area contributed by atoms with Gasteiger partial charge in [-0.25, -0.2) is 4.98 Å². The van der Waals surface area contributed by atoms with Gasteiger partial charge in [-0.05, 0) is 30.7 Å². The average Bonchev–Trinajstić information content (AvgIpc) is 2.98. The molecule has 0 atom stereocenters. The van der Waals surface area contributed by atoms with Crippen LogP contribution in [0, 0.1) is 6.92 Å². The Kier molecular flexibility index (Phi) is 4.99. The first-order valence-electron chi connectivity index (χ1n) is 9.53. The third-order valence-corrected chi connectivity index (χ3v) is 5.28. The molecule has 3 heterocycles. The molecule has 142 valence electrons. The predicted octanol–water partition coefficient (Wildman–Crippen LogP) is 2.39. The minimum atomic E-state index is -0.0313. The first-order chi connectivity index (χ1) is 13.2. The van der Waals surface area contributed by atoms with E-state index in [0.29, 0.717) is 18.7 Å². The van der Waals surface area contributed by atoms with Crippen molar-refractivity contribution in [3.63, 3.8) is 0 Å². The maximum atomic E-state index is 12.4. The summed E-state index contributed by atoms with van der Waals surface area (Å²) < 4.78 is 6.08. The summed E-state index contributed by atoms with van der Waals surface area (Å²) in [6.45, 7) is 4.59. The first-order valence-corrected chi connectivity index (χ1v) is 9.53. The highest BCUT2D eigenvalue weighted by Gasteiger charge is 2.31. The molecule has 1 aromatic carbocycles. The van der Waals surface area contributed by atoms with Gasteiger partial charge >= 0.3 is 0 Å². The number of aliphatic hydroxyl groups is 1. The number of anilines is 1. The second kappa shape index (κ2) is 7.56. The van der Waals surface area contributed by atoms with E-state index in [0.717, 1.165) is 48.8 Å². The van der Waals surface area contributed by atoms with Crippen molar-refractivity contribution in [3.8, 4) is 5.75 Å². The largest absolute Gasteiger partial charge is 0.490 e. The maximum Gasteiger partial charge on any atom is 0.256 e. The van der Waals surface area contributed by atoms with E-state index in [1.807, 2.05) is 43.3 Å². The highest BCUT2D eigenvalue weighted by molar-refractivity contribution is 5.98. The Morgan fingerprint density at radius 1 is 1.22 bits per heavy atom. The summed E-state index contributed by atoms with van der Waals surface area (Å²) in [6.07, 6.45) is 2.12. The fourth-order valence-electron chi connectivity index (χ4n) is 3.87. The number of fused-ring (bicyclic) bond motifs is 1. The maximum absolute atomic E-state index is 12.4. The van der Waals surface area contributed by atoms with Gasteiger partial charge < -0.3 is 19.6 Å². The molecule has 0 bridgehead atoms. The van der Waals surface area contributed by atoms with Crippen LogP contribution in [0.2, 0.25) is 0 Å². The number of nitrogens with zero attached hydrogens (tertiary/aromatic N) is 3. The van der Waals surface area contributed by atoms with Crippen LogP contribution in [0.25, 0.3) is 0 Å². The number of aryl methyl sites for hydroxylation is 1. The molecule has 1 amide bonds. The van der Waals surface area contributed by atoms with E-state index in [2.05, 4.69) is 4.90 Å². The molecular weight excluding hydrogens is 342 g/mol. The number of piperidine rings is 1. The van der Waals surface area contributed by atoms with Crippen molar-refractivity contribution in [2.75, 3.05) is 31.1 Å². The lowest BCUT2D eigenvalue weighted by Crippen LogP contribution is -2.39. The molecule has 2 aliphatic heterocycles. The third-order valence-electron chi connectivity index (χ3n) is 5.28. The Balaban J connectivity index is 1.43. The van der Waals surface area contributed by atoms with Crippen LogP contribution >= 0.6 is 0 Å². The molecule has 0 unspecified atom stereocenters. The normalized spacial score (nSPS) is 17.3. The predicted molar refractivity (Wildman–Crippen MR) is 103 cm³/mol. The number of aliphatic hydroxyl groups excluding tert-OH is 1. The third kappa shape index (κ3) is 3.62. The number of ether oxygens (including phenoxy) is 1. The molecule has 27 heavy (non-hydrogen) atoms. The topological polar surface area (TPSA) is 65.9 Å². The summed E-state index contributed by atoms with van der Waals surface area (Å²) in [6, 6.07) is 11.9. The van der Waals surface area contributed by atoms with Crippen molar-refractivity contribution >= 4 is 11.7 Å². The Morgan fingerprint density at radius 2 is 1.96 bits per heavy atom. The van der Waals surface area contributed by atoms with Crippen LogP contribution in [0.1, 0.15) is 34.5 Å². The number of rotatable bonds is 5. The van der Waals surface area contributed by atoms with Gasteiger partial charge in [0.15, 0.2) is 0 Å². The number of carbonyl (C=O) groups is 1. The molecule has 0 radical (unpaired) electrons. The Morgan fingerprint density at radius 3 is 2.67 bits per heavy atom. The molecular formula is C21H25N3O3. The van der Waals surface area contributed by atoms with Crippen molar-refractivity contribution in [2.24, 2.45) is 0 Å². The minimum absolute atomic E-state index is 0.0273. The fourth-order valence-corrected chi connectivity index (χ4v) is 3.87. The summed E-state index contributed by atoms with van der Waals surface area (Å²) in [5, 5.41) is 9.13. The van der Waals surface area contributed by atoms with Crippen LogP contribution in [-0.2, 0) is 6.54 Å².